The van der Waals surface area contributed by atoms with Crippen LogP contribution in [0.5, 0.6) is 0 Å². The van der Waals surface area contributed by atoms with Gasteiger partial charge in [0.25, 0.3) is 0 Å². The van der Waals surface area contributed by atoms with Crippen molar-refractivity contribution in [2.24, 2.45) is 4.99 Å². The van der Waals surface area contributed by atoms with Gasteiger partial charge in [0.05, 0.1) is 5.69 Å². The second-order valence-electron chi connectivity index (χ2n) is 3.60. The molecule has 0 aliphatic carbocycles. The Bertz CT molecular complexity index is 376. The van der Waals surface area contributed by atoms with E-state index in [1.165, 1.54) is 0 Å². The molecule has 17 heavy (non-hydrogen) atoms. The zero-order valence-corrected chi connectivity index (χ0v) is 10.6. The summed E-state index contributed by atoms with van der Waals surface area (Å²) in [6.45, 7) is 4.79. The van der Waals surface area contributed by atoms with E-state index >= 15 is 0 Å². The van der Waals surface area contributed by atoms with E-state index in [0.717, 1.165) is 18.7 Å². The largest absolute Gasteiger partial charge is 0.344 e. The molecular formula is C13H19N3O. The van der Waals surface area contributed by atoms with E-state index in [9.17, 15) is 4.79 Å². The smallest absolute Gasteiger partial charge is 0.247 e. The summed E-state index contributed by atoms with van der Waals surface area (Å²) in [5, 5.41) is 0. The van der Waals surface area contributed by atoms with Gasteiger partial charge < -0.3 is 4.90 Å². The van der Waals surface area contributed by atoms with E-state index in [4.69, 9.17) is 0 Å². The molecule has 1 fully saturated rings. The van der Waals surface area contributed by atoms with Crippen LogP contribution in [0.1, 0.15) is 26.0 Å². The predicted octanol–water partition coefficient (Wildman–Crippen LogP) is 1.76. The number of likely N-dealkylation sites (N-methyl/N-ethyl adjacent to an activating group) is 1. The highest BCUT2D eigenvalue weighted by molar-refractivity contribution is 5.87. The Labute approximate surface area is 102 Å². The lowest BCUT2D eigenvalue weighted by atomic mass is 10.2. The first-order chi connectivity index (χ1) is 8.27. The average Bonchev–Trinajstić information content (AvgIpc) is 2.71. The first-order valence-electron chi connectivity index (χ1n) is 5.96. The van der Waals surface area contributed by atoms with Crippen molar-refractivity contribution in [3.8, 4) is 0 Å². The molecular weight excluding hydrogens is 214 g/mol. The Hall–Kier alpha value is -1.71. The van der Waals surface area contributed by atoms with E-state index in [2.05, 4.69) is 9.98 Å². The lowest BCUT2D eigenvalue weighted by Crippen LogP contribution is -2.24. The minimum atomic E-state index is -0.211. The Morgan fingerprint density at radius 3 is 2.76 bits per heavy atom. The Kier molecular flexibility index (Phi) is 5.33. The first kappa shape index (κ1) is 13.4. The van der Waals surface area contributed by atoms with Crippen LogP contribution in [0.15, 0.2) is 29.4 Å². The lowest BCUT2D eigenvalue weighted by Gasteiger charge is -2.06. The van der Waals surface area contributed by atoms with Gasteiger partial charge in [-0.05, 0) is 18.6 Å². The van der Waals surface area contributed by atoms with Crippen LogP contribution in [0, 0.1) is 0 Å². The molecule has 0 radical (unpaired) electrons. The van der Waals surface area contributed by atoms with Crippen LogP contribution in [0.3, 0.4) is 0 Å². The number of carbonyl (C=O) groups is 1. The van der Waals surface area contributed by atoms with Gasteiger partial charge in [-0.2, -0.15) is 0 Å². The fourth-order valence-electron chi connectivity index (χ4n) is 1.56. The number of carbonyl (C=O) groups excluding carboxylic acids is 1. The van der Waals surface area contributed by atoms with Crippen molar-refractivity contribution >= 4 is 12.1 Å². The molecule has 4 nitrogen and oxygen atoms in total. The molecule has 1 aliphatic rings. The summed E-state index contributed by atoms with van der Waals surface area (Å²) in [4.78, 5) is 21.6. The zero-order chi connectivity index (χ0) is 12.7. The van der Waals surface area contributed by atoms with Crippen molar-refractivity contribution in [2.45, 2.75) is 26.3 Å². The summed E-state index contributed by atoms with van der Waals surface area (Å²) in [6.07, 6.45) is 4.18. The molecule has 1 amide bonds. The van der Waals surface area contributed by atoms with Crippen molar-refractivity contribution in [1.82, 2.24) is 9.88 Å². The maximum atomic E-state index is 11.5. The highest BCUT2D eigenvalue weighted by Crippen LogP contribution is 2.11. The number of likely N-dealkylation sites (tertiary alicyclic amines) is 1. The minimum Gasteiger partial charge on any atom is -0.344 e. The summed E-state index contributed by atoms with van der Waals surface area (Å²) in [7, 11) is 1.80. The number of amides is 1. The van der Waals surface area contributed by atoms with Crippen LogP contribution in [0.25, 0.3) is 0 Å². The van der Waals surface area contributed by atoms with Crippen molar-refractivity contribution in [3.05, 3.63) is 30.1 Å². The van der Waals surface area contributed by atoms with Crippen molar-refractivity contribution in [1.29, 1.82) is 0 Å². The van der Waals surface area contributed by atoms with E-state index in [1.54, 1.807) is 24.4 Å². The van der Waals surface area contributed by atoms with Crippen molar-refractivity contribution < 1.29 is 4.79 Å². The molecule has 1 saturated heterocycles. The van der Waals surface area contributed by atoms with Crippen molar-refractivity contribution in [3.63, 3.8) is 0 Å². The number of rotatable bonds is 2. The highest BCUT2D eigenvalue weighted by Gasteiger charge is 2.27. The van der Waals surface area contributed by atoms with Gasteiger partial charge in [0.2, 0.25) is 5.91 Å². The summed E-state index contributed by atoms with van der Waals surface area (Å²) >= 11 is 0. The predicted molar refractivity (Wildman–Crippen MR) is 69.2 cm³/mol. The maximum Gasteiger partial charge on any atom is 0.247 e. The third-order valence-corrected chi connectivity index (χ3v) is 2.47. The van der Waals surface area contributed by atoms with Crippen LogP contribution >= 0.6 is 0 Å². The molecule has 0 spiro atoms. The highest BCUT2D eigenvalue weighted by atomic mass is 16.2. The van der Waals surface area contributed by atoms with E-state index < -0.39 is 0 Å². The molecule has 1 aromatic rings. The molecule has 0 bridgehead atoms. The Morgan fingerprint density at radius 2 is 2.24 bits per heavy atom. The number of pyridine rings is 1. The summed E-state index contributed by atoms with van der Waals surface area (Å²) in [6, 6.07) is 5.41. The molecule has 2 rings (SSSR count). The van der Waals surface area contributed by atoms with Gasteiger partial charge in [0.1, 0.15) is 6.04 Å². The molecule has 4 heteroatoms. The number of nitrogens with zero attached hydrogens (tertiary/aromatic N) is 3. The third kappa shape index (κ3) is 3.66. The molecule has 0 aromatic carbocycles. The second kappa shape index (κ2) is 6.78. The monoisotopic (exact) mass is 233 g/mol. The fourth-order valence-corrected chi connectivity index (χ4v) is 1.56. The number of aromatic nitrogens is 1. The average molecular weight is 233 g/mol. The van der Waals surface area contributed by atoms with Gasteiger partial charge in [0.15, 0.2) is 0 Å². The fraction of sp³-hybridized carbons (Fsp3) is 0.462. The summed E-state index contributed by atoms with van der Waals surface area (Å²) in [5.74, 6) is 0.0992. The molecule has 1 unspecified atom stereocenters. The number of hydrogen-bond donors (Lipinski definition) is 0. The molecule has 2 heterocycles. The maximum absolute atomic E-state index is 11.5. The van der Waals surface area contributed by atoms with Gasteiger partial charge in [0, 0.05) is 26.0 Å². The van der Waals surface area contributed by atoms with Gasteiger partial charge >= 0.3 is 0 Å². The zero-order valence-electron chi connectivity index (χ0n) is 10.6. The third-order valence-electron chi connectivity index (χ3n) is 2.47. The van der Waals surface area contributed by atoms with E-state index in [0.29, 0.717) is 0 Å². The van der Waals surface area contributed by atoms with Crippen LogP contribution in [-0.4, -0.2) is 41.6 Å². The van der Waals surface area contributed by atoms with Gasteiger partial charge in [-0.1, -0.05) is 19.9 Å². The van der Waals surface area contributed by atoms with Crippen LogP contribution in [0.4, 0.5) is 0 Å². The molecule has 1 aliphatic heterocycles. The van der Waals surface area contributed by atoms with E-state index in [1.807, 2.05) is 32.0 Å². The molecule has 1 atom stereocenters. The van der Waals surface area contributed by atoms with Crippen LogP contribution in [-0.2, 0) is 4.79 Å². The Morgan fingerprint density at radius 1 is 1.47 bits per heavy atom. The normalized spacial score (nSPS) is 19.4. The van der Waals surface area contributed by atoms with Crippen LogP contribution < -0.4 is 0 Å². The minimum absolute atomic E-state index is 0.0992. The quantitative estimate of drug-likeness (QED) is 0.731. The Balaban J connectivity index is 0.000000686. The SMILES string of the molecule is CC.CN1CCC(N=Cc2ccccn2)C1=O. The molecule has 1 aromatic heterocycles. The molecule has 0 saturated carbocycles. The van der Waals surface area contributed by atoms with Gasteiger partial charge in [-0.3, -0.25) is 14.8 Å². The first-order valence-corrected chi connectivity index (χ1v) is 5.96. The van der Waals surface area contributed by atoms with Crippen molar-refractivity contribution in [2.75, 3.05) is 13.6 Å². The number of aliphatic imine (C=N–C) groups is 1. The summed E-state index contributed by atoms with van der Waals surface area (Å²) in [5.41, 5.74) is 0.792. The lowest BCUT2D eigenvalue weighted by molar-refractivity contribution is -0.127. The van der Waals surface area contributed by atoms with Gasteiger partial charge in [-0.25, -0.2) is 0 Å². The van der Waals surface area contributed by atoms with Gasteiger partial charge in [-0.15, -0.1) is 0 Å². The molecule has 0 N–H and O–H groups in total. The van der Waals surface area contributed by atoms with E-state index in [-0.39, 0.29) is 11.9 Å². The number of hydrogen-bond acceptors (Lipinski definition) is 3. The second-order valence-corrected chi connectivity index (χ2v) is 3.60. The van der Waals surface area contributed by atoms with Crippen LogP contribution in [0.2, 0.25) is 0 Å². The summed E-state index contributed by atoms with van der Waals surface area (Å²) < 4.78 is 0. The standard InChI is InChI=1S/C11H13N3O.C2H6/c1-14-7-5-10(11(14)15)13-8-9-4-2-3-6-12-9;1-2/h2-4,6,8,10H,5,7H2,1H3;1-2H3. The molecule has 92 valence electrons. The topological polar surface area (TPSA) is 45.6 Å².